The van der Waals surface area contributed by atoms with E-state index < -0.39 is 29.0 Å². The molecule has 8 heteroatoms. The number of ether oxygens (including phenoxy) is 2. The van der Waals surface area contributed by atoms with Crippen LogP contribution in [0, 0.1) is 5.92 Å². The van der Waals surface area contributed by atoms with Gasteiger partial charge in [-0.05, 0) is 0 Å². The fraction of sp³-hybridized carbons (Fsp3) is 0.333. The van der Waals surface area contributed by atoms with Crippen molar-refractivity contribution in [2.24, 2.45) is 5.92 Å². The van der Waals surface area contributed by atoms with Gasteiger partial charge in [-0.3, -0.25) is 0 Å². The van der Waals surface area contributed by atoms with Crippen molar-refractivity contribution in [1.29, 1.82) is 0 Å². The molecular weight excluding hydrogens is 673 g/mol. The Morgan fingerprint density at radius 3 is 2.00 bits per heavy atom. The van der Waals surface area contributed by atoms with Crippen LogP contribution in [0.2, 0.25) is 4.82 Å². The quantitative estimate of drug-likeness (QED) is 0.145. The molecule has 0 bridgehead atoms. The maximum absolute atomic E-state index is 13.7. The molecular formula is C39H43NO5SSe. The van der Waals surface area contributed by atoms with Crippen molar-refractivity contribution in [3.63, 3.8) is 0 Å². The summed E-state index contributed by atoms with van der Waals surface area (Å²) in [5.74, 6) is -0.846. The molecule has 5 rings (SSSR count). The summed E-state index contributed by atoms with van der Waals surface area (Å²) in [6.07, 6.45) is -1.61. The zero-order chi connectivity index (χ0) is 33.4. The molecule has 1 aliphatic rings. The molecule has 1 amide bonds. The second kappa shape index (κ2) is 16.1. The van der Waals surface area contributed by atoms with E-state index in [2.05, 4.69) is 29.6 Å². The first-order valence-electron chi connectivity index (χ1n) is 16.0. The number of hydrogen-bond donors (Lipinski definition) is 2. The molecule has 0 aliphatic heterocycles. The fourth-order valence-electron chi connectivity index (χ4n) is 5.82. The van der Waals surface area contributed by atoms with Gasteiger partial charge in [-0.1, -0.05) is 0 Å². The van der Waals surface area contributed by atoms with Crippen molar-refractivity contribution in [3.8, 4) is 11.1 Å². The molecule has 246 valence electrons. The van der Waals surface area contributed by atoms with Gasteiger partial charge in [-0.2, -0.15) is 0 Å². The Kier molecular flexibility index (Phi) is 12.0. The van der Waals surface area contributed by atoms with Crippen LogP contribution in [0.3, 0.4) is 0 Å². The van der Waals surface area contributed by atoms with Crippen molar-refractivity contribution in [1.82, 2.24) is 5.32 Å². The molecule has 2 N–H and O–H groups in total. The number of nitrogens with one attached hydrogen (secondary N) is 1. The molecule has 0 aromatic heterocycles. The second-order valence-electron chi connectivity index (χ2n) is 12.8. The minimum atomic E-state index is -1.06. The van der Waals surface area contributed by atoms with Gasteiger partial charge in [0.15, 0.2) is 0 Å². The first-order valence-corrected chi connectivity index (χ1v) is 18.6. The van der Waals surface area contributed by atoms with E-state index in [9.17, 15) is 14.7 Å². The van der Waals surface area contributed by atoms with Crippen LogP contribution >= 0.6 is 11.8 Å². The van der Waals surface area contributed by atoms with Crippen molar-refractivity contribution in [2.45, 2.75) is 61.9 Å². The second-order valence-corrected chi connectivity index (χ2v) is 17.2. The predicted molar refractivity (Wildman–Crippen MR) is 191 cm³/mol. The van der Waals surface area contributed by atoms with Gasteiger partial charge in [0, 0.05) is 0 Å². The summed E-state index contributed by atoms with van der Waals surface area (Å²) in [7, 11) is 0. The number of alkyl carbamates (subject to hydrolysis) is 1. The molecule has 4 aromatic rings. The Balaban J connectivity index is 1.31. The number of amides is 1. The van der Waals surface area contributed by atoms with E-state index in [0.29, 0.717) is 6.61 Å². The van der Waals surface area contributed by atoms with Gasteiger partial charge in [0.2, 0.25) is 0 Å². The van der Waals surface area contributed by atoms with E-state index in [1.807, 2.05) is 113 Å². The van der Waals surface area contributed by atoms with E-state index in [1.54, 1.807) is 0 Å². The molecule has 0 fully saturated rings. The van der Waals surface area contributed by atoms with Gasteiger partial charge < -0.3 is 0 Å². The van der Waals surface area contributed by atoms with Gasteiger partial charge in [0.25, 0.3) is 0 Å². The Hall–Kier alpha value is -3.39. The average molecular weight is 717 g/mol. The molecule has 0 saturated carbocycles. The van der Waals surface area contributed by atoms with E-state index in [-0.39, 0.29) is 44.0 Å². The Morgan fingerprint density at radius 2 is 1.40 bits per heavy atom. The monoisotopic (exact) mass is 717 g/mol. The summed E-state index contributed by atoms with van der Waals surface area (Å²) in [6.45, 7) is 8.42. The molecule has 6 nitrogen and oxygen atoms in total. The molecule has 0 radical (unpaired) electrons. The standard InChI is InChI=1S/C39H43NO5SSe/c1-26(40-38(43)45-25-33-31-21-13-11-19-29(31)30-20-12-14-22-32(30)33)36(47-28-17-9-6-10-18-28)35(41)34(37(42)46-39(2,3)4)24-44-23-27-15-7-5-8-16-27/h5-22,26,33-36,41H,23-25H2,1-4H3,(H,40,43)/t26-,34-,35+,36-/m0/s1. The third kappa shape index (κ3) is 9.37. The number of hydrogen-bond acceptors (Lipinski definition) is 6. The number of thioether (sulfide) groups is 1. The zero-order valence-corrected chi connectivity index (χ0v) is 29.8. The van der Waals surface area contributed by atoms with Gasteiger partial charge in [-0.25, -0.2) is 0 Å². The minimum absolute atomic E-state index is 0.0587. The number of rotatable bonds is 13. The van der Waals surface area contributed by atoms with Crippen molar-refractivity contribution >= 4 is 42.4 Å². The normalized spacial score (nSPS) is 15.2. The summed E-state index contributed by atoms with van der Waals surface area (Å²) >= 11 is 0.939. The number of fused-ring (bicyclic) bond motifs is 3. The summed E-state index contributed by atoms with van der Waals surface area (Å²) in [6, 6.07) is 35.7. The van der Waals surface area contributed by atoms with Crippen LogP contribution in [0.5, 0.6) is 0 Å². The van der Waals surface area contributed by atoms with E-state index in [1.165, 1.54) is 11.8 Å². The van der Waals surface area contributed by atoms with Crippen LogP contribution in [0.15, 0.2) is 109 Å². The number of aliphatic hydroxyl groups is 1. The number of aliphatic hydroxyl groups excluding tert-OH is 1. The van der Waals surface area contributed by atoms with Crippen LogP contribution in [0.25, 0.3) is 11.1 Å². The summed E-state index contributed by atoms with van der Waals surface area (Å²) in [5.41, 5.74) is 5.61. The van der Waals surface area contributed by atoms with Crippen LogP contribution < -0.4 is 9.78 Å². The molecule has 0 heterocycles. The summed E-state index contributed by atoms with van der Waals surface area (Å²) in [5, 5.41) is 14.9. The van der Waals surface area contributed by atoms with Crippen LogP contribution in [-0.2, 0) is 20.9 Å². The fourth-order valence-corrected chi connectivity index (χ4v) is 9.36. The molecule has 0 spiro atoms. The van der Waals surface area contributed by atoms with Crippen molar-refractivity contribution in [2.75, 3.05) is 13.2 Å². The first-order chi connectivity index (χ1) is 22.6. The van der Waals surface area contributed by atoms with Gasteiger partial charge >= 0.3 is 290 Å². The third-order valence-corrected chi connectivity index (χ3v) is 12.3. The van der Waals surface area contributed by atoms with E-state index in [4.69, 9.17) is 9.47 Å². The van der Waals surface area contributed by atoms with E-state index in [0.717, 1.165) is 32.3 Å². The van der Waals surface area contributed by atoms with Gasteiger partial charge in [0.05, 0.1) is 0 Å². The number of carbonyl (C=O) groups excluding carboxylic acids is 2. The van der Waals surface area contributed by atoms with Crippen LogP contribution in [0.4, 0.5) is 4.79 Å². The average Bonchev–Trinajstić information content (AvgIpc) is 3.38. The van der Waals surface area contributed by atoms with Crippen LogP contribution in [0.1, 0.15) is 50.3 Å². The van der Waals surface area contributed by atoms with Gasteiger partial charge in [-0.15, -0.1) is 0 Å². The summed E-state index contributed by atoms with van der Waals surface area (Å²) in [4.78, 5) is 26.6. The molecule has 0 unspecified atom stereocenters. The number of benzene rings is 4. The van der Waals surface area contributed by atoms with Crippen LogP contribution in [-0.4, -0.2) is 61.4 Å². The number of carbonyl (C=O) groups is 2. The van der Waals surface area contributed by atoms with Gasteiger partial charge in [0.1, 0.15) is 0 Å². The Bertz CT molecular complexity index is 1580. The molecule has 47 heavy (non-hydrogen) atoms. The first kappa shape index (κ1) is 34.9. The topological polar surface area (TPSA) is 84.9 Å². The summed E-state index contributed by atoms with van der Waals surface area (Å²) < 4.78 is 12.6. The Labute approximate surface area is 288 Å². The maximum atomic E-state index is 13.7. The van der Waals surface area contributed by atoms with Crippen molar-refractivity contribution < 1.29 is 24.2 Å². The third-order valence-electron chi connectivity index (χ3n) is 8.06. The zero-order valence-electron chi connectivity index (χ0n) is 27.3. The van der Waals surface area contributed by atoms with Crippen molar-refractivity contribution in [3.05, 3.63) is 126 Å². The SMILES string of the molecule is C[C@H](NC(=O)OCC1c2ccccc2-c2ccccc21)[C@H]([Se]c1ccccc1)[C@H](O)[C@H](COCc1ccccc1)C(=O)SC(C)(C)C. The Morgan fingerprint density at radius 1 is 0.851 bits per heavy atom. The van der Waals surface area contributed by atoms with E-state index >= 15 is 0 Å². The molecule has 0 saturated heterocycles. The molecule has 1 aliphatic carbocycles. The molecule has 4 aromatic carbocycles. The molecule has 4 atom stereocenters. The predicted octanol–water partition coefficient (Wildman–Crippen LogP) is 6.98.